The SMILES string of the molecule is C/C=C\C.C=C(C)NC(=C)c1ccc(C2=CC=CC2)cc1. The van der Waals surface area contributed by atoms with Crippen LogP contribution in [0.3, 0.4) is 0 Å². The van der Waals surface area contributed by atoms with Crippen molar-refractivity contribution in [1.82, 2.24) is 5.32 Å². The van der Waals surface area contributed by atoms with E-state index in [0.717, 1.165) is 23.4 Å². The molecule has 110 valence electrons. The highest BCUT2D eigenvalue weighted by atomic mass is 14.9. The molecule has 1 aromatic rings. The molecular weight excluding hydrogens is 254 g/mol. The van der Waals surface area contributed by atoms with Crippen molar-refractivity contribution in [1.29, 1.82) is 0 Å². The van der Waals surface area contributed by atoms with E-state index in [1.165, 1.54) is 11.1 Å². The van der Waals surface area contributed by atoms with Crippen LogP contribution in [0.5, 0.6) is 0 Å². The average Bonchev–Trinajstić information content (AvgIpc) is 3.01. The zero-order valence-corrected chi connectivity index (χ0v) is 13.3. The van der Waals surface area contributed by atoms with Crippen LogP contribution in [0.4, 0.5) is 0 Å². The number of hydrogen-bond donors (Lipinski definition) is 1. The number of benzene rings is 1. The van der Waals surface area contributed by atoms with Crippen LogP contribution in [0.2, 0.25) is 0 Å². The number of nitrogens with one attached hydrogen (secondary N) is 1. The van der Waals surface area contributed by atoms with Crippen molar-refractivity contribution in [2.45, 2.75) is 27.2 Å². The first-order chi connectivity index (χ1) is 10.1. The Kier molecular flexibility index (Phi) is 7.03. The monoisotopic (exact) mass is 279 g/mol. The van der Waals surface area contributed by atoms with Gasteiger partial charge in [0, 0.05) is 11.4 Å². The third-order valence-corrected chi connectivity index (χ3v) is 3.07. The van der Waals surface area contributed by atoms with Gasteiger partial charge in [0.15, 0.2) is 0 Å². The zero-order valence-electron chi connectivity index (χ0n) is 13.3. The molecule has 1 aliphatic carbocycles. The van der Waals surface area contributed by atoms with Crippen LogP contribution in [0, 0.1) is 0 Å². The van der Waals surface area contributed by atoms with Crippen molar-refractivity contribution < 1.29 is 0 Å². The van der Waals surface area contributed by atoms with Crippen LogP contribution < -0.4 is 5.32 Å². The van der Waals surface area contributed by atoms with Crippen LogP contribution in [0.25, 0.3) is 11.3 Å². The van der Waals surface area contributed by atoms with E-state index in [-0.39, 0.29) is 0 Å². The first kappa shape index (κ1) is 16.8. The highest BCUT2D eigenvalue weighted by Gasteiger charge is 2.04. The standard InChI is InChI=1S/C16H17N.C4H8/c1-12(2)17-13(3)14-8-10-16(11-9-14)15-6-4-5-7-15;1-3-4-2/h4-6,8-11,17H,1,3,7H2,2H3;3-4H,1-2H3/b;4-3-. The minimum Gasteiger partial charge on any atom is -0.360 e. The molecule has 21 heavy (non-hydrogen) atoms. The number of rotatable bonds is 4. The molecule has 0 amide bonds. The normalized spacial score (nSPS) is 12.6. The molecular formula is C20H25N. The lowest BCUT2D eigenvalue weighted by Crippen LogP contribution is -2.07. The average molecular weight is 279 g/mol. The van der Waals surface area contributed by atoms with Gasteiger partial charge in [0.05, 0.1) is 0 Å². The van der Waals surface area contributed by atoms with Gasteiger partial charge in [-0.25, -0.2) is 0 Å². The van der Waals surface area contributed by atoms with Gasteiger partial charge in [-0.2, -0.15) is 0 Å². The largest absolute Gasteiger partial charge is 0.360 e. The summed E-state index contributed by atoms with van der Waals surface area (Å²) >= 11 is 0. The summed E-state index contributed by atoms with van der Waals surface area (Å²) in [5.41, 5.74) is 5.55. The third kappa shape index (κ3) is 5.70. The number of hydrogen-bond acceptors (Lipinski definition) is 1. The molecule has 0 bridgehead atoms. The summed E-state index contributed by atoms with van der Waals surface area (Å²) in [6.07, 6.45) is 11.5. The molecule has 0 saturated heterocycles. The van der Waals surface area contributed by atoms with E-state index in [2.05, 4.69) is 61.0 Å². The van der Waals surface area contributed by atoms with Crippen molar-refractivity contribution in [2.24, 2.45) is 0 Å². The molecule has 0 radical (unpaired) electrons. The first-order valence-electron chi connectivity index (χ1n) is 7.23. The van der Waals surface area contributed by atoms with E-state index in [1.54, 1.807) is 0 Å². The van der Waals surface area contributed by atoms with Crippen LogP contribution in [-0.4, -0.2) is 0 Å². The zero-order chi connectivity index (χ0) is 15.7. The molecule has 0 fully saturated rings. The van der Waals surface area contributed by atoms with E-state index in [1.807, 2.05) is 32.9 Å². The fraction of sp³-hybridized carbons (Fsp3) is 0.200. The summed E-state index contributed by atoms with van der Waals surface area (Å²) < 4.78 is 0. The van der Waals surface area contributed by atoms with Crippen molar-refractivity contribution in [3.63, 3.8) is 0 Å². The molecule has 1 N–H and O–H groups in total. The fourth-order valence-corrected chi connectivity index (χ4v) is 1.88. The Morgan fingerprint density at radius 3 is 2.14 bits per heavy atom. The summed E-state index contributed by atoms with van der Waals surface area (Å²) in [4.78, 5) is 0. The predicted octanol–water partition coefficient (Wildman–Crippen LogP) is 5.71. The van der Waals surface area contributed by atoms with Gasteiger partial charge in [0.1, 0.15) is 0 Å². The molecule has 0 aromatic heterocycles. The van der Waals surface area contributed by atoms with Crippen molar-refractivity contribution in [3.8, 4) is 0 Å². The molecule has 0 unspecified atom stereocenters. The van der Waals surface area contributed by atoms with E-state index < -0.39 is 0 Å². The lowest BCUT2D eigenvalue weighted by molar-refractivity contribution is 1.09. The summed E-state index contributed by atoms with van der Waals surface area (Å²) in [5, 5.41) is 3.13. The maximum absolute atomic E-state index is 3.99. The third-order valence-electron chi connectivity index (χ3n) is 3.07. The second-order valence-corrected chi connectivity index (χ2v) is 4.95. The molecule has 0 atom stereocenters. The topological polar surface area (TPSA) is 12.0 Å². The van der Waals surface area contributed by atoms with Crippen LogP contribution in [0.15, 0.2) is 73.5 Å². The Hall–Kier alpha value is -2.28. The van der Waals surface area contributed by atoms with Crippen molar-refractivity contribution in [2.75, 3.05) is 0 Å². The lowest BCUT2D eigenvalue weighted by atomic mass is 10.0. The highest BCUT2D eigenvalue weighted by molar-refractivity contribution is 5.72. The Morgan fingerprint density at radius 2 is 1.71 bits per heavy atom. The smallest absolute Gasteiger partial charge is 0.0382 e. The van der Waals surface area contributed by atoms with Gasteiger partial charge in [-0.05, 0) is 43.9 Å². The second-order valence-electron chi connectivity index (χ2n) is 4.95. The Balaban J connectivity index is 0.000000491. The molecule has 1 heteroatoms. The second kappa shape index (κ2) is 8.80. The molecule has 1 aromatic carbocycles. The maximum atomic E-state index is 3.99. The summed E-state index contributed by atoms with van der Waals surface area (Å²) in [7, 11) is 0. The van der Waals surface area contributed by atoms with Crippen LogP contribution in [-0.2, 0) is 0 Å². The van der Waals surface area contributed by atoms with Gasteiger partial charge in [0.25, 0.3) is 0 Å². The minimum absolute atomic E-state index is 0.891. The first-order valence-corrected chi connectivity index (χ1v) is 7.23. The fourth-order valence-electron chi connectivity index (χ4n) is 1.88. The van der Waals surface area contributed by atoms with Gasteiger partial charge in [-0.3, -0.25) is 0 Å². The quantitative estimate of drug-likeness (QED) is 0.696. The Morgan fingerprint density at radius 1 is 1.10 bits per heavy atom. The van der Waals surface area contributed by atoms with Crippen molar-refractivity contribution >= 4 is 11.3 Å². The van der Waals surface area contributed by atoms with Crippen LogP contribution >= 0.6 is 0 Å². The van der Waals surface area contributed by atoms with Gasteiger partial charge in [0.2, 0.25) is 0 Å². The van der Waals surface area contributed by atoms with Gasteiger partial charge < -0.3 is 5.32 Å². The summed E-state index contributed by atoms with van der Waals surface area (Å²) in [6.45, 7) is 13.7. The van der Waals surface area contributed by atoms with E-state index in [0.29, 0.717) is 0 Å². The molecule has 0 saturated carbocycles. The Labute approximate surface area is 129 Å². The Bertz CT molecular complexity index is 564. The minimum atomic E-state index is 0.891. The van der Waals surface area contributed by atoms with Gasteiger partial charge in [-0.1, -0.05) is 67.8 Å². The summed E-state index contributed by atoms with van der Waals surface area (Å²) in [5.74, 6) is 0. The van der Waals surface area contributed by atoms with Crippen molar-refractivity contribution in [3.05, 3.63) is 84.6 Å². The number of allylic oxidation sites excluding steroid dienone is 7. The molecule has 1 aliphatic rings. The molecule has 0 spiro atoms. The summed E-state index contributed by atoms with van der Waals surface area (Å²) in [6, 6.07) is 8.46. The van der Waals surface area contributed by atoms with Crippen LogP contribution in [0.1, 0.15) is 38.3 Å². The van der Waals surface area contributed by atoms with E-state index >= 15 is 0 Å². The molecule has 0 heterocycles. The molecule has 2 rings (SSSR count). The predicted molar refractivity (Wildman–Crippen MR) is 95.6 cm³/mol. The van der Waals surface area contributed by atoms with E-state index in [4.69, 9.17) is 0 Å². The lowest BCUT2D eigenvalue weighted by Gasteiger charge is -2.10. The molecule has 0 aliphatic heterocycles. The van der Waals surface area contributed by atoms with Gasteiger partial charge in [-0.15, -0.1) is 0 Å². The maximum Gasteiger partial charge on any atom is 0.0382 e. The highest BCUT2D eigenvalue weighted by Crippen LogP contribution is 2.24. The van der Waals surface area contributed by atoms with E-state index in [9.17, 15) is 0 Å². The van der Waals surface area contributed by atoms with Gasteiger partial charge >= 0.3 is 0 Å². The molecule has 1 nitrogen and oxygen atoms in total.